The molecule has 3 nitrogen and oxygen atoms in total. The third kappa shape index (κ3) is 6.31. The van der Waals surface area contributed by atoms with Crippen LogP contribution < -0.4 is 0 Å². The first-order valence-corrected chi connectivity index (χ1v) is 5.42. The third-order valence-electron chi connectivity index (χ3n) is 1.24. The highest BCUT2D eigenvalue weighted by molar-refractivity contribution is 7.86. The molecule has 0 aliphatic rings. The van der Waals surface area contributed by atoms with E-state index in [1.54, 1.807) is 6.92 Å². The fourth-order valence-electron chi connectivity index (χ4n) is 0.619. The molecule has 0 saturated heterocycles. The van der Waals surface area contributed by atoms with Gasteiger partial charge in [-0.25, -0.2) is 0 Å². The molecule has 0 N–H and O–H groups in total. The van der Waals surface area contributed by atoms with Crippen LogP contribution in [0, 0.1) is 5.92 Å². The minimum Gasteiger partial charge on any atom is -0.270 e. The quantitative estimate of drug-likeness (QED) is 0.601. The Bertz CT molecular complexity index is 182. The van der Waals surface area contributed by atoms with E-state index in [9.17, 15) is 8.42 Å². The molecule has 0 atom stereocenters. The summed E-state index contributed by atoms with van der Waals surface area (Å²) in [6, 6.07) is 0. The first-order chi connectivity index (χ1) is 4.98. The van der Waals surface area contributed by atoms with Crippen molar-refractivity contribution in [3.63, 3.8) is 0 Å². The topological polar surface area (TPSA) is 43.4 Å². The molecule has 0 bridgehead atoms. The standard InChI is InChI=1S/C7H16O3S/c1-4-10-11(8,9)6-5-7(2)3/h7H,4-6H2,1-3H3. The van der Waals surface area contributed by atoms with E-state index in [-0.39, 0.29) is 12.4 Å². The molecular formula is C7H16O3S. The zero-order valence-corrected chi connectivity index (χ0v) is 8.15. The van der Waals surface area contributed by atoms with Crippen molar-refractivity contribution in [1.29, 1.82) is 0 Å². The van der Waals surface area contributed by atoms with Gasteiger partial charge in [-0.2, -0.15) is 8.42 Å². The van der Waals surface area contributed by atoms with Crippen molar-refractivity contribution < 1.29 is 12.6 Å². The van der Waals surface area contributed by atoms with Gasteiger partial charge < -0.3 is 0 Å². The summed E-state index contributed by atoms with van der Waals surface area (Å²) in [7, 11) is -3.23. The molecule has 0 amide bonds. The summed E-state index contributed by atoms with van der Waals surface area (Å²) >= 11 is 0. The molecule has 68 valence electrons. The summed E-state index contributed by atoms with van der Waals surface area (Å²) in [6.07, 6.45) is 0.669. The van der Waals surface area contributed by atoms with E-state index >= 15 is 0 Å². The normalized spacial score (nSPS) is 12.4. The fourth-order valence-corrected chi connectivity index (χ4v) is 1.86. The van der Waals surface area contributed by atoms with Crippen molar-refractivity contribution in [3.8, 4) is 0 Å². The van der Waals surface area contributed by atoms with E-state index in [0.29, 0.717) is 12.3 Å². The Labute approximate surface area is 68.9 Å². The van der Waals surface area contributed by atoms with E-state index in [2.05, 4.69) is 4.18 Å². The van der Waals surface area contributed by atoms with E-state index in [4.69, 9.17) is 0 Å². The summed E-state index contributed by atoms with van der Waals surface area (Å²) in [4.78, 5) is 0. The van der Waals surface area contributed by atoms with Gasteiger partial charge in [0.05, 0.1) is 12.4 Å². The van der Waals surface area contributed by atoms with Gasteiger partial charge in [0.1, 0.15) is 0 Å². The van der Waals surface area contributed by atoms with Crippen LogP contribution in [-0.2, 0) is 14.3 Å². The Hall–Kier alpha value is -0.0900. The lowest BCUT2D eigenvalue weighted by Crippen LogP contribution is -2.11. The Kier molecular flexibility index (Phi) is 4.68. The third-order valence-corrected chi connectivity index (χ3v) is 2.57. The van der Waals surface area contributed by atoms with Crippen molar-refractivity contribution >= 4 is 10.1 Å². The lowest BCUT2D eigenvalue weighted by atomic mass is 10.2. The van der Waals surface area contributed by atoms with Crippen molar-refractivity contribution in [3.05, 3.63) is 0 Å². The zero-order valence-electron chi connectivity index (χ0n) is 7.33. The smallest absolute Gasteiger partial charge is 0.267 e. The maximum Gasteiger partial charge on any atom is 0.267 e. The van der Waals surface area contributed by atoms with Crippen LogP contribution in [0.2, 0.25) is 0 Å². The van der Waals surface area contributed by atoms with Crippen LogP contribution in [0.3, 0.4) is 0 Å². The Morgan fingerprint density at radius 3 is 2.27 bits per heavy atom. The Balaban J connectivity index is 3.74. The highest BCUT2D eigenvalue weighted by Crippen LogP contribution is 2.03. The molecule has 0 aliphatic heterocycles. The Morgan fingerprint density at radius 2 is 1.91 bits per heavy atom. The fraction of sp³-hybridized carbons (Fsp3) is 1.00. The second-order valence-electron chi connectivity index (χ2n) is 2.85. The van der Waals surface area contributed by atoms with Crippen LogP contribution in [0.15, 0.2) is 0 Å². The van der Waals surface area contributed by atoms with Gasteiger partial charge in [0, 0.05) is 0 Å². The Morgan fingerprint density at radius 1 is 1.36 bits per heavy atom. The average molecular weight is 180 g/mol. The molecule has 0 aromatic rings. The van der Waals surface area contributed by atoms with E-state index in [0.717, 1.165) is 0 Å². The largest absolute Gasteiger partial charge is 0.270 e. The molecule has 4 heteroatoms. The molecule has 11 heavy (non-hydrogen) atoms. The highest BCUT2D eigenvalue weighted by atomic mass is 32.2. The van der Waals surface area contributed by atoms with Crippen LogP contribution in [0.5, 0.6) is 0 Å². The molecule has 0 aromatic heterocycles. The maximum atomic E-state index is 10.9. The molecule has 0 radical (unpaired) electrons. The molecule has 0 heterocycles. The van der Waals surface area contributed by atoms with Gasteiger partial charge in [-0.05, 0) is 19.3 Å². The van der Waals surface area contributed by atoms with Crippen molar-refractivity contribution in [2.24, 2.45) is 5.92 Å². The van der Waals surface area contributed by atoms with Crippen LogP contribution in [0.1, 0.15) is 27.2 Å². The molecule has 0 aliphatic carbocycles. The van der Waals surface area contributed by atoms with Crippen molar-refractivity contribution in [1.82, 2.24) is 0 Å². The lowest BCUT2D eigenvalue weighted by Gasteiger charge is -2.04. The van der Waals surface area contributed by atoms with Gasteiger partial charge in [-0.3, -0.25) is 4.18 Å². The second kappa shape index (κ2) is 4.72. The van der Waals surface area contributed by atoms with Crippen LogP contribution in [-0.4, -0.2) is 20.8 Å². The molecular weight excluding hydrogens is 164 g/mol. The number of hydrogen-bond donors (Lipinski definition) is 0. The maximum absolute atomic E-state index is 10.9. The van der Waals surface area contributed by atoms with Gasteiger partial charge in [-0.1, -0.05) is 13.8 Å². The van der Waals surface area contributed by atoms with E-state index < -0.39 is 10.1 Å². The van der Waals surface area contributed by atoms with Gasteiger partial charge in [-0.15, -0.1) is 0 Å². The zero-order chi connectivity index (χ0) is 8.91. The molecule has 0 unspecified atom stereocenters. The average Bonchev–Trinajstić information content (AvgIpc) is 1.84. The van der Waals surface area contributed by atoms with E-state index in [1.165, 1.54) is 0 Å². The second-order valence-corrected chi connectivity index (χ2v) is 4.61. The van der Waals surface area contributed by atoms with Crippen LogP contribution in [0.4, 0.5) is 0 Å². The summed E-state index contributed by atoms with van der Waals surface area (Å²) in [5.41, 5.74) is 0. The molecule has 0 rings (SSSR count). The first kappa shape index (κ1) is 10.9. The summed E-state index contributed by atoms with van der Waals surface area (Å²) in [6.45, 7) is 5.89. The molecule has 0 aromatic carbocycles. The number of hydrogen-bond acceptors (Lipinski definition) is 3. The van der Waals surface area contributed by atoms with Crippen molar-refractivity contribution in [2.75, 3.05) is 12.4 Å². The lowest BCUT2D eigenvalue weighted by molar-refractivity contribution is 0.336. The van der Waals surface area contributed by atoms with Gasteiger partial charge in [0.2, 0.25) is 0 Å². The predicted octanol–water partition coefficient (Wildman–Crippen LogP) is 1.40. The first-order valence-electron chi connectivity index (χ1n) is 3.85. The summed E-state index contributed by atoms with van der Waals surface area (Å²) in [5, 5.41) is 0. The monoisotopic (exact) mass is 180 g/mol. The summed E-state index contributed by atoms with van der Waals surface area (Å²) < 4.78 is 26.4. The predicted molar refractivity (Wildman–Crippen MR) is 44.9 cm³/mol. The minimum atomic E-state index is -3.23. The number of rotatable bonds is 5. The van der Waals surface area contributed by atoms with Crippen LogP contribution in [0.25, 0.3) is 0 Å². The summed E-state index contributed by atoms with van der Waals surface area (Å²) in [5.74, 6) is 0.545. The SMILES string of the molecule is CCOS(=O)(=O)CCC(C)C. The van der Waals surface area contributed by atoms with E-state index in [1.807, 2.05) is 13.8 Å². The van der Waals surface area contributed by atoms with Gasteiger partial charge in [0.25, 0.3) is 10.1 Å². The van der Waals surface area contributed by atoms with Crippen molar-refractivity contribution in [2.45, 2.75) is 27.2 Å². The highest BCUT2D eigenvalue weighted by Gasteiger charge is 2.10. The van der Waals surface area contributed by atoms with Gasteiger partial charge >= 0.3 is 0 Å². The molecule has 0 fully saturated rings. The molecule has 0 saturated carbocycles. The van der Waals surface area contributed by atoms with Gasteiger partial charge in [0.15, 0.2) is 0 Å². The van der Waals surface area contributed by atoms with Crippen LogP contribution >= 0.6 is 0 Å². The molecule has 0 spiro atoms. The minimum absolute atomic E-state index is 0.137.